The molecule has 0 amide bonds. The molecule has 0 spiro atoms. The topological polar surface area (TPSA) is 76.4 Å². The van der Waals surface area contributed by atoms with E-state index >= 15 is 0 Å². The average molecular weight is 196 g/mol. The van der Waals surface area contributed by atoms with Crippen LogP contribution in [0.25, 0.3) is 0 Å². The minimum atomic E-state index is -0.0157. The third kappa shape index (κ3) is 2.25. The van der Waals surface area contributed by atoms with Crippen molar-refractivity contribution in [3.8, 4) is 0 Å². The summed E-state index contributed by atoms with van der Waals surface area (Å²) in [4.78, 5) is 0. The van der Waals surface area contributed by atoms with E-state index < -0.39 is 0 Å². The predicted octanol–water partition coefficient (Wildman–Crippen LogP) is 0.882. The Hall–Kier alpha value is -1.52. The molecule has 1 rings (SSSR count). The lowest BCUT2D eigenvalue weighted by molar-refractivity contribution is 0.312. The molecule has 0 aliphatic heterocycles. The second-order valence-corrected chi connectivity index (χ2v) is 3.54. The zero-order valence-electron chi connectivity index (χ0n) is 8.73. The van der Waals surface area contributed by atoms with Crippen molar-refractivity contribution in [3.63, 3.8) is 0 Å². The van der Waals surface area contributed by atoms with Crippen molar-refractivity contribution < 1.29 is 5.21 Å². The first kappa shape index (κ1) is 10.6. The number of nitrogens with two attached hydrogens (primary N) is 1. The zero-order chi connectivity index (χ0) is 10.7. The first-order chi connectivity index (χ1) is 6.54. The molecule has 0 fully saturated rings. The molecule has 3 N–H and O–H groups in total. The molecule has 1 atom stereocenters. The Morgan fingerprint density at radius 3 is 2.79 bits per heavy atom. The van der Waals surface area contributed by atoms with Gasteiger partial charge in [-0.15, -0.1) is 0 Å². The van der Waals surface area contributed by atoms with Crippen molar-refractivity contribution in [1.82, 2.24) is 9.78 Å². The largest absolute Gasteiger partial charge is 0.409 e. The number of hydrogen-bond donors (Lipinski definition) is 2. The Balaban J connectivity index is 2.74. The number of hydrogen-bond acceptors (Lipinski definition) is 3. The summed E-state index contributed by atoms with van der Waals surface area (Å²) in [7, 11) is 0. The molecule has 1 aromatic heterocycles. The van der Waals surface area contributed by atoms with Crippen molar-refractivity contribution in [1.29, 1.82) is 0 Å². The SMILES string of the molecule is Cc1cc(C)n(CC(C)/C(N)=N/O)n1. The van der Waals surface area contributed by atoms with Gasteiger partial charge in [0.05, 0.1) is 12.2 Å². The van der Waals surface area contributed by atoms with Crippen LogP contribution in [0, 0.1) is 19.8 Å². The van der Waals surface area contributed by atoms with E-state index in [1.54, 1.807) is 0 Å². The van der Waals surface area contributed by atoms with E-state index in [4.69, 9.17) is 10.9 Å². The molecule has 0 radical (unpaired) electrons. The number of oxime groups is 1. The van der Waals surface area contributed by atoms with Crippen LogP contribution in [-0.2, 0) is 6.54 Å². The van der Waals surface area contributed by atoms with Gasteiger partial charge in [-0.3, -0.25) is 4.68 Å². The lowest BCUT2D eigenvalue weighted by Gasteiger charge is -2.10. The van der Waals surface area contributed by atoms with Crippen LogP contribution in [0.4, 0.5) is 0 Å². The van der Waals surface area contributed by atoms with Crippen molar-refractivity contribution >= 4 is 5.84 Å². The monoisotopic (exact) mass is 196 g/mol. The van der Waals surface area contributed by atoms with Gasteiger partial charge in [0.15, 0.2) is 0 Å². The van der Waals surface area contributed by atoms with E-state index in [1.165, 1.54) is 0 Å². The summed E-state index contributed by atoms with van der Waals surface area (Å²) in [6.07, 6.45) is 0. The summed E-state index contributed by atoms with van der Waals surface area (Å²) in [5, 5.41) is 15.8. The Morgan fingerprint density at radius 2 is 2.36 bits per heavy atom. The highest BCUT2D eigenvalue weighted by Crippen LogP contribution is 2.06. The number of amidine groups is 1. The van der Waals surface area contributed by atoms with Crippen LogP contribution in [0.5, 0.6) is 0 Å². The summed E-state index contributed by atoms with van der Waals surface area (Å²) < 4.78 is 1.86. The lowest BCUT2D eigenvalue weighted by Crippen LogP contribution is -2.26. The molecular formula is C9H16N4O. The van der Waals surface area contributed by atoms with Crippen LogP contribution >= 0.6 is 0 Å². The third-order valence-electron chi connectivity index (χ3n) is 2.17. The number of rotatable bonds is 3. The molecule has 0 aromatic carbocycles. The van der Waals surface area contributed by atoms with E-state index in [9.17, 15) is 0 Å². The minimum absolute atomic E-state index is 0.0157. The van der Waals surface area contributed by atoms with Crippen LogP contribution in [0.2, 0.25) is 0 Å². The highest BCUT2D eigenvalue weighted by atomic mass is 16.4. The molecule has 1 aromatic rings. The normalized spacial score (nSPS) is 14.4. The molecule has 5 heteroatoms. The summed E-state index contributed by atoms with van der Waals surface area (Å²) in [6.45, 7) is 6.46. The smallest absolute Gasteiger partial charge is 0.143 e. The maximum absolute atomic E-state index is 8.49. The predicted molar refractivity (Wildman–Crippen MR) is 54.3 cm³/mol. The number of aryl methyl sites for hydroxylation is 2. The van der Waals surface area contributed by atoms with Gasteiger partial charge in [0.1, 0.15) is 5.84 Å². The van der Waals surface area contributed by atoms with E-state index in [-0.39, 0.29) is 11.8 Å². The average Bonchev–Trinajstić information content (AvgIpc) is 2.44. The van der Waals surface area contributed by atoms with Crippen LogP contribution in [0.1, 0.15) is 18.3 Å². The first-order valence-corrected chi connectivity index (χ1v) is 4.53. The molecule has 78 valence electrons. The highest BCUT2D eigenvalue weighted by molar-refractivity contribution is 5.81. The quantitative estimate of drug-likeness (QED) is 0.326. The molecule has 14 heavy (non-hydrogen) atoms. The second-order valence-electron chi connectivity index (χ2n) is 3.54. The highest BCUT2D eigenvalue weighted by Gasteiger charge is 2.10. The second kappa shape index (κ2) is 4.13. The molecular weight excluding hydrogens is 180 g/mol. The Labute approximate surface area is 83.2 Å². The lowest BCUT2D eigenvalue weighted by atomic mass is 10.1. The summed E-state index contributed by atoms with van der Waals surface area (Å²) in [5.41, 5.74) is 7.54. The van der Waals surface area contributed by atoms with E-state index in [0.717, 1.165) is 11.4 Å². The van der Waals surface area contributed by atoms with Crippen molar-refractivity contribution in [2.45, 2.75) is 27.3 Å². The summed E-state index contributed by atoms with van der Waals surface area (Å²) in [6, 6.07) is 2.00. The zero-order valence-corrected chi connectivity index (χ0v) is 8.73. The fraction of sp³-hybridized carbons (Fsp3) is 0.556. The molecule has 0 aliphatic carbocycles. The first-order valence-electron chi connectivity index (χ1n) is 4.53. The van der Waals surface area contributed by atoms with E-state index in [2.05, 4.69) is 10.3 Å². The summed E-state index contributed by atoms with van der Waals surface area (Å²) >= 11 is 0. The Kier molecular flexibility index (Phi) is 3.11. The van der Waals surface area contributed by atoms with Crippen molar-refractivity contribution in [2.75, 3.05) is 0 Å². The molecule has 5 nitrogen and oxygen atoms in total. The van der Waals surface area contributed by atoms with Gasteiger partial charge < -0.3 is 10.9 Å². The fourth-order valence-electron chi connectivity index (χ4n) is 1.31. The minimum Gasteiger partial charge on any atom is -0.409 e. The Morgan fingerprint density at radius 1 is 1.71 bits per heavy atom. The van der Waals surface area contributed by atoms with Crippen LogP contribution in [-0.4, -0.2) is 20.8 Å². The van der Waals surface area contributed by atoms with Crippen LogP contribution in [0.3, 0.4) is 0 Å². The molecule has 0 saturated heterocycles. The number of nitrogens with zero attached hydrogens (tertiary/aromatic N) is 3. The van der Waals surface area contributed by atoms with E-state index in [1.807, 2.05) is 31.5 Å². The van der Waals surface area contributed by atoms with Gasteiger partial charge in [0, 0.05) is 11.6 Å². The summed E-state index contributed by atoms with van der Waals surface area (Å²) in [5.74, 6) is 0.218. The van der Waals surface area contributed by atoms with Crippen LogP contribution < -0.4 is 5.73 Å². The molecule has 0 aliphatic rings. The molecule has 1 unspecified atom stereocenters. The Bertz CT molecular complexity index is 343. The molecule has 0 saturated carbocycles. The van der Waals surface area contributed by atoms with E-state index in [0.29, 0.717) is 6.54 Å². The van der Waals surface area contributed by atoms with Crippen molar-refractivity contribution in [3.05, 3.63) is 17.5 Å². The maximum Gasteiger partial charge on any atom is 0.143 e. The van der Waals surface area contributed by atoms with Gasteiger partial charge in [0.25, 0.3) is 0 Å². The van der Waals surface area contributed by atoms with Gasteiger partial charge in [0.2, 0.25) is 0 Å². The third-order valence-corrected chi connectivity index (χ3v) is 2.17. The van der Waals surface area contributed by atoms with Gasteiger partial charge in [-0.1, -0.05) is 12.1 Å². The maximum atomic E-state index is 8.49. The standard InChI is InChI=1S/C9H16N4O/c1-6(9(10)12-14)5-13-8(3)4-7(2)11-13/h4,6,14H,5H2,1-3H3,(H2,10,12). The van der Waals surface area contributed by atoms with Gasteiger partial charge in [-0.2, -0.15) is 5.10 Å². The number of aromatic nitrogens is 2. The van der Waals surface area contributed by atoms with Gasteiger partial charge in [-0.05, 0) is 19.9 Å². The van der Waals surface area contributed by atoms with Gasteiger partial charge in [-0.25, -0.2) is 0 Å². The fourth-order valence-corrected chi connectivity index (χ4v) is 1.31. The molecule has 0 bridgehead atoms. The van der Waals surface area contributed by atoms with Gasteiger partial charge >= 0.3 is 0 Å². The van der Waals surface area contributed by atoms with Crippen molar-refractivity contribution in [2.24, 2.45) is 16.8 Å². The van der Waals surface area contributed by atoms with Crippen LogP contribution in [0.15, 0.2) is 11.2 Å². The molecule has 1 heterocycles.